The molecule has 0 aromatic heterocycles. The standard InChI is InChI=1S/C14H27NO/c1-11(2)14-10-13(7-9-16-14)15-8-3-4-12-5-6-12/h11-15H,3-10H2,1-2H3. The largest absolute Gasteiger partial charge is 0.378 e. The highest BCUT2D eigenvalue weighted by Gasteiger charge is 2.24. The summed E-state index contributed by atoms with van der Waals surface area (Å²) in [6, 6.07) is 0.709. The summed E-state index contributed by atoms with van der Waals surface area (Å²) in [5.74, 6) is 1.75. The van der Waals surface area contributed by atoms with E-state index in [4.69, 9.17) is 4.74 Å². The highest BCUT2D eigenvalue weighted by Crippen LogP contribution is 2.33. The molecule has 2 fully saturated rings. The smallest absolute Gasteiger partial charge is 0.0612 e. The monoisotopic (exact) mass is 225 g/mol. The molecule has 1 heterocycles. The molecule has 0 bridgehead atoms. The van der Waals surface area contributed by atoms with E-state index in [1.54, 1.807) is 0 Å². The fraction of sp³-hybridized carbons (Fsp3) is 1.00. The first-order valence-electron chi connectivity index (χ1n) is 7.10. The first-order chi connectivity index (χ1) is 7.75. The van der Waals surface area contributed by atoms with E-state index in [1.807, 2.05) is 0 Å². The summed E-state index contributed by atoms with van der Waals surface area (Å²) in [7, 11) is 0. The fourth-order valence-corrected chi connectivity index (χ4v) is 2.58. The Morgan fingerprint density at radius 2 is 2.06 bits per heavy atom. The van der Waals surface area contributed by atoms with E-state index in [1.165, 1.54) is 45.1 Å². The minimum Gasteiger partial charge on any atom is -0.378 e. The Morgan fingerprint density at radius 3 is 2.75 bits per heavy atom. The van der Waals surface area contributed by atoms with Crippen molar-refractivity contribution in [2.45, 2.75) is 64.5 Å². The number of hydrogen-bond donors (Lipinski definition) is 1. The molecule has 94 valence electrons. The summed E-state index contributed by atoms with van der Waals surface area (Å²) in [6.07, 6.45) is 8.69. The van der Waals surface area contributed by atoms with Gasteiger partial charge in [0.25, 0.3) is 0 Å². The van der Waals surface area contributed by atoms with Gasteiger partial charge in [0, 0.05) is 12.6 Å². The van der Waals surface area contributed by atoms with Crippen molar-refractivity contribution < 1.29 is 4.74 Å². The number of rotatable bonds is 6. The van der Waals surface area contributed by atoms with Crippen LogP contribution in [0.5, 0.6) is 0 Å². The molecule has 2 atom stereocenters. The van der Waals surface area contributed by atoms with Crippen LogP contribution in [0.15, 0.2) is 0 Å². The Balaban J connectivity index is 1.56. The van der Waals surface area contributed by atoms with E-state index in [-0.39, 0.29) is 0 Å². The average molecular weight is 225 g/mol. The first kappa shape index (κ1) is 12.4. The normalized spacial score (nSPS) is 30.9. The summed E-state index contributed by atoms with van der Waals surface area (Å²) >= 11 is 0. The molecule has 2 nitrogen and oxygen atoms in total. The highest BCUT2D eigenvalue weighted by molar-refractivity contribution is 4.79. The molecular formula is C14H27NO. The van der Waals surface area contributed by atoms with Gasteiger partial charge in [0.2, 0.25) is 0 Å². The molecule has 0 aromatic rings. The van der Waals surface area contributed by atoms with Gasteiger partial charge in [-0.2, -0.15) is 0 Å². The number of ether oxygens (including phenoxy) is 1. The maximum atomic E-state index is 5.78. The van der Waals surface area contributed by atoms with Gasteiger partial charge < -0.3 is 10.1 Å². The molecule has 1 saturated heterocycles. The molecule has 2 unspecified atom stereocenters. The van der Waals surface area contributed by atoms with E-state index < -0.39 is 0 Å². The highest BCUT2D eigenvalue weighted by atomic mass is 16.5. The van der Waals surface area contributed by atoms with Crippen LogP contribution in [0.3, 0.4) is 0 Å². The summed E-state index contributed by atoms with van der Waals surface area (Å²) < 4.78 is 5.78. The summed E-state index contributed by atoms with van der Waals surface area (Å²) in [5.41, 5.74) is 0. The first-order valence-corrected chi connectivity index (χ1v) is 7.10. The number of nitrogens with one attached hydrogen (secondary N) is 1. The molecule has 1 aliphatic heterocycles. The van der Waals surface area contributed by atoms with Crippen molar-refractivity contribution in [3.63, 3.8) is 0 Å². The second-order valence-electron chi connectivity index (χ2n) is 5.91. The number of hydrogen-bond acceptors (Lipinski definition) is 2. The predicted octanol–water partition coefficient (Wildman–Crippen LogP) is 2.97. The topological polar surface area (TPSA) is 21.3 Å². The van der Waals surface area contributed by atoms with Crippen molar-refractivity contribution in [2.75, 3.05) is 13.2 Å². The van der Waals surface area contributed by atoms with Crippen molar-refractivity contribution in [2.24, 2.45) is 11.8 Å². The molecule has 2 rings (SSSR count). The van der Waals surface area contributed by atoms with E-state index in [0.717, 1.165) is 12.5 Å². The van der Waals surface area contributed by atoms with E-state index in [9.17, 15) is 0 Å². The quantitative estimate of drug-likeness (QED) is 0.702. The van der Waals surface area contributed by atoms with Crippen LogP contribution in [-0.4, -0.2) is 25.3 Å². The fourth-order valence-electron chi connectivity index (χ4n) is 2.58. The van der Waals surface area contributed by atoms with Gasteiger partial charge in [0.05, 0.1) is 6.10 Å². The molecule has 0 aromatic carbocycles. The molecule has 1 N–H and O–H groups in total. The van der Waals surface area contributed by atoms with Gasteiger partial charge in [-0.3, -0.25) is 0 Å². The van der Waals surface area contributed by atoms with Crippen LogP contribution >= 0.6 is 0 Å². The van der Waals surface area contributed by atoms with Crippen molar-refractivity contribution >= 4 is 0 Å². The lowest BCUT2D eigenvalue weighted by molar-refractivity contribution is -0.0242. The molecule has 0 radical (unpaired) electrons. The van der Waals surface area contributed by atoms with Crippen molar-refractivity contribution in [3.8, 4) is 0 Å². The third-order valence-electron chi connectivity index (χ3n) is 3.98. The molecule has 0 spiro atoms. The van der Waals surface area contributed by atoms with Gasteiger partial charge in [0.15, 0.2) is 0 Å². The van der Waals surface area contributed by atoms with E-state index in [0.29, 0.717) is 18.1 Å². The van der Waals surface area contributed by atoms with Gasteiger partial charge in [-0.15, -0.1) is 0 Å². The van der Waals surface area contributed by atoms with Crippen LogP contribution in [0.2, 0.25) is 0 Å². The van der Waals surface area contributed by atoms with Crippen molar-refractivity contribution in [1.82, 2.24) is 5.32 Å². The lowest BCUT2D eigenvalue weighted by Gasteiger charge is -2.32. The molecule has 2 heteroatoms. The van der Waals surface area contributed by atoms with Gasteiger partial charge in [0.1, 0.15) is 0 Å². The summed E-state index contributed by atoms with van der Waals surface area (Å²) in [5, 5.41) is 3.71. The third-order valence-corrected chi connectivity index (χ3v) is 3.98. The summed E-state index contributed by atoms with van der Waals surface area (Å²) in [6.45, 7) is 6.69. The van der Waals surface area contributed by atoms with Crippen LogP contribution in [0.4, 0.5) is 0 Å². The third kappa shape index (κ3) is 4.06. The Labute approximate surface area is 100 Å². The Bertz CT molecular complexity index is 201. The van der Waals surface area contributed by atoms with Crippen LogP contribution in [0.25, 0.3) is 0 Å². The minimum absolute atomic E-state index is 0.481. The minimum atomic E-state index is 0.481. The maximum Gasteiger partial charge on any atom is 0.0612 e. The van der Waals surface area contributed by atoms with Gasteiger partial charge in [-0.25, -0.2) is 0 Å². The van der Waals surface area contributed by atoms with Gasteiger partial charge in [-0.05, 0) is 44.1 Å². The molecule has 16 heavy (non-hydrogen) atoms. The van der Waals surface area contributed by atoms with E-state index in [2.05, 4.69) is 19.2 Å². The lowest BCUT2D eigenvalue weighted by atomic mass is 9.95. The zero-order chi connectivity index (χ0) is 11.4. The molecule has 0 amide bonds. The van der Waals surface area contributed by atoms with Crippen molar-refractivity contribution in [3.05, 3.63) is 0 Å². The SMILES string of the molecule is CC(C)C1CC(NCCCC2CC2)CCO1. The van der Waals surface area contributed by atoms with Gasteiger partial charge >= 0.3 is 0 Å². The van der Waals surface area contributed by atoms with Crippen LogP contribution in [0.1, 0.15) is 52.4 Å². The maximum absolute atomic E-state index is 5.78. The Morgan fingerprint density at radius 1 is 1.25 bits per heavy atom. The lowest BCUT2D eigenvalue weighted by Crippen LogP contribution is -2.41. The molecule has 2 aliphatic rings. The zero-order valence-electron chi connectivity index (χ0n) is 10.9. The van der Waals surface area contributed by atoms with Crippen LogP contribution in [0, 0.1) is 11.8 Å². The van der Waals surface area contributed by atoms with Crippen molar-refractivity contribution in [1.29, 1.82) is 0 Å². The van der Waals surface area contributed by atoms with Crippen LogP contribution in [-0.2, 0) is 4.74 Å². The Kier molecular flexibility index (Phi) is 4.66. The van der Waals surface area contributed by atoms with E-state index >= 15 is 0 Å². The molecule has 1 aliphatic carbocycles. The summed E-state index contributed by atoms with van der Waals surface area (Å²) in [4.78, 5) is 0. The Hall–Kier alpha value is -0.0800. The van der Waals surface area contributed by atoms with Gasteiger partial charge in [-0.1, -0.05) is 26.7 Å². The second-order valence-corrected chi connectivity index (χ2v) is 5.91. The molecular weight excluding hydrogens is 198 g/mol. The van der Waals surface area contributed by atoms with Crippen LogP contribution < -0.4 is 5.32 Å². The zero-order valence-corrected chi connectivity index (χ0v) is 10.9. The second kappa shape index (κ2) is 6.02. The molecule has 1 saturated carbocycles. The average Bonchev–Trinajstić information content (AvgIpc) is 3.09. The predicted molar refractivity (Wildman–Crippen MR) is 67.6 cm³/mol.